The molecule has 3 N–H and O–H groups in total. The minimum absolute atomic E-state index is 0.433. The van der Waals surface area contributed by atoms with Crippen molar-refractivity contribution in [1.82, 2.24) is 9.88 Å². The molecule has 5 nitrogen and oxygen atoms in total. The molecular formula is C15H22N4O. The summed E-state index contributed by atoms with van der Waals surface area (Å²) in [4.78, 5) is 17.9. The zero-order valence-corrected chi connectivity index (χ0v) is 11.9. The number of aromatic nitrogens is 1. The van der Waals surface area contributed by atoms with Gasteiger partial charge in [-0.1, -0.05) is 6.42 Å². The van der Waals surface area contributed by atoms with Crippen molar-refractivity contribution in [1.29, 1.82) is 0 Å². The fourth-order valence-corrected chi connectivity index (χ4v) is 3.57. The smallest absolute Gasteiger partial charge is 0.250 e. The van der Waals surface area contributed by atoms with Gasteiger partial charge in [-0.05, 0) is 44.9 Å². The highest BCUT2D eigenvalue weighted by molar-refractivity contribution is 5.92. The molecule has 2 aliphatic heterocycles. The third kappa shape index (κ3) is 2.63. The molecule has 3 heterocycles. The number of nitrogens with one attached hydrogen (secondary N) is 1. The van der Waals surface area contributed by atoms with E-state index in [0.717, 1.165) is 5.82 Å². The van der Waals surface area contributed by atoms with E-state index in [9.17, 15) is 4.79 Å². The lowest BCUT2D eigenvalue weighted by molar-refractivity contribution is 0.0608. The Balaban J connectivity index is 1.65. The highest BCUT2D eigenvalue weighted by Crippen LogP contribution is 2.33. The van der Waals surface area contributed by atoms with E-state index in [2.05, 4.69) is 22.2 Å². The van der Waals surface area contributed by atoms with Gasteiger partial charge in [0.05, 0.1) is 5.56 Å². The fourth-order valence-electron chi connectivity index (χ4n) is 3.57. The number of hydrogen-bond acceptors (Lipinski definition) is 4. The number of rotatable bonds is 3. The molecule has 0 spiro atoms. The van der Waals surface area contributed by atoms with Gasteiger partial charge in [-0.2, -0.15) is 0 Å². The molecule has 20 heavy (non-hydrogen) atoms. The molecule has 0 saturated carbocycles. The van der Waals surface area contributed by atoms with Crippen LogP contribution in [0.3, 0.4) is 0 Å². The second-order valence-corrected chi connectivity index (χ2v) is 6.01. The summed E-state index contributed by atoms with van der Waals surface area (Å²) >= 11 is 0. The van der Waals surface area contributed by atoms with Crippen molar-refractivity contribution in [2.45, 2.75) is 50.2 Å². The van der Waals surface area contributed by atoms with Crippen LogP contribution in [0, 0.1) is 0 Å². The largest absolute Gasteiger partial charge is 0.367 e. The zero-order chi connectivity index (χ0) is 14.1. The Bertz CT molecular complexity index is 473. The Morgan fingerprint density at radius 2 is 2.05 bits per heavy atom. The third-order valence-corrected chi connectivity index (χ3v) is 4.74. The number of pyridine rings is 1. The number of carbonyl (C=O) groups excluding carboxylic acids is 1. The molecule has 2 saturated heterocycles. The second-order valence-electron chi connectivity index (χ2n) is 6.01. The monoisotopic (exact) mass is 274 g/mol. The van der Waals surface area contributed by atoms with E-state index in [1.807, 2.05) is 6.07 Å². The molecule has 2 bridgehead atoms. The zero-order valence-electron chi connectivity index (χ0n) is 11.9. The van der Waals surface area contributed by atoms with E-state index < -0.39 is 5.91 Å². The van der Waals surface area contributed by atoms with E-state index in [1.165, 1.54) is 32.1 Å². The number of anilines is 1. The summed E-state index contributed by atoms with van der Waals surface area (Å²) in [5.41, 5.74) is 5.67. The number of hydrogen-bond donors (Lipinski definition) is 2. The first-order valence-corrected chi connectivity index (χ1v) is 7.38. The summed E-state index contributed by atoms with van der Waals surface area (Å²) in [5, 5.41) is 3.51. The molecule has 3 rings (SSSR count). The number of nitrogens with zero attached hydrogens (tertiary/aromatic N) is 2. The molecule has 0 radical (unpaired) electrons. The van der Waals surface area contributed by atoms with E-state index in [-0.39, 0.29) is 0 Å². The van der Waals surface area contributed by atoms with Gasteiger partial charge in [0, 0.05) is 24.3 Å². The van der Waals surface area contributed by atoms with Crippen LogP contribution in [0.1, 0.15) is 42.5 Å². The number of fused-ring (bicyclic) bond motifs is 2. The molecule has 0 aromatic carbocycles. The van der Waals surface area contributed by atoms with Crippen LogP contribution in [0.15, 0.2) is 18.3 Å². The molecule has 1 aromatic rings. The maximum Gasteiger partial charge on any atom is 0.250 e. The Labute approximate surface area is 119 Å². The van der Waals surface area contributed by atoms with Gasteiger partial charge in [0.2, 0.25) is 5.91 Å². The molecule has 2 aliphatic rings. The maximum absolute atomic E-state index is 11.0. The average Bonchev–Trinajstić information content (AvgIpc) is 2.40. The van der Waals surface area contributed by atoms with Crippen LogP contribution in [-0.4, -0.2) is 41.0 Å². The number of piperidine rings is 2. The quantitative estimate of drug-likeness (QED) is 0.878. The van der Waals surface area contributed by atoms with Gasteiger partial charge in [-0.3, -0.25) is 4.79 Å². The molecule has 5 heteroatoms. The Kier molecular flexibility index (Phi) is 3.61. The standard InChI is InChI=1S/C15H22N4O/c1-19-12-3-2-4-13(19)8-11(7-12)18-14-6-5-10(9-17-14)15(16)20/h5-6,9,11-13H,2-4,7-8H2,1H3,(H2,16,20)(H,17,18). The number of primary amides is 1. The van der Waals surface area contributed by atoms with Crippen molar-refractivity contribution >= 4 is 11.7 Å². The van der Waals surface area contributed by atoms with Crippen molar-refractivity contribution in [3.8, 4) is 0 Å². The molecular weight excluding hydrogens is 252 g/mol. The first kappa shape index (κ1) is 13.4. The van der Waals surface area contributed by atoms with E-state index >= 15 is 0 Å². The Morgan fingerprint density at radius 3 is 2.60 bits per heavy atom. The van der Waals surface area contributed by atoms with Crippen molar-refractivity contribution in [3.63, 3.8) is 0 Å². The normalized spacial score (nSPS) is 29.9. The van der Waals surface area contributed by atoms with Gasteiger partial charge in [0.1, 0.15) is 5.82 Å². The summed E-state index contributed by atoms with van der Waals surface area (Å²) < 4.78 is 0. The van der Waals surface area contributed by atoms with E-state index in [4.69, 9.17) is 5.73 Å². The average molecular weight is 274 g/mol. The van der Waals surface area contributed by atoms with Crippen molar-refractivity contribution in [2.24, 2.45) is 5.73 Å². The lowest BCUT2D eigenvalue weighted by Gasteiger charge is -2.47. The lowest BCUT2D eigenvalue weighted by atomic mass is 9.82. The third-order valence-electron chi connectivity index (χ3n) is 4.74. The Morgan fingerprint density at radius 1 is 1.35 bits per heavy atom. The van der Waals surface area contributed by atoms with Crippen LogP contribution < -0.4 is 11.1 Å². The van der Waals surface area contributed by atoms with Crippen LogP contribution >= 0.6 is 0 Å². The topological polar surface area (TPSA) is 71.2 Å². The lowest BCUT2D eigenvalue weighted by Crippen LogP contribution is -2.52. The highest BCUT2D eigenvalue weighted by atomic mass is 16.1. The molecule has 2 unspecified atom stereocenters. The van der Waals surface area contributed by atoms with Gasteiger partial charge < -0.3 is 16.0 Å². The minimum atomic E-state index is -0.433. The summed E-state index contributed by atoms with van der Waals surface area (Å²) in [6.07, 6.45) is 7.86. The molecule has 1 amide bonds. The number of carbonyl (C=O) groups is 1. The van der Waals surface area contributed by atoms with Gasteiger partial charge >= 0.3 is 0 Å². The number of nitrogens with two attached hydrogens (primary N) is 1. The summed E-state index contributed by atoms with van der Waals surface area (Å²) in [6, 6.07) is 5.45. The Hall–Kier alpha value is -1.62. The van der Waals surface area contributed by atoms with Crippen LogP contribution in [0.5, 0.6) is 0 Å². The van der Waals surface area contributed by atoms with Crippen molar-refractivity contribution in [2.75, 3.05) is 12.4 Å². The maximum atomic E-state index is 11.0. The minimum Gasteiger partial charge on any atom is -0.367 e. The van der Waals surface area contributed by atoms with Gasteiger partial charge in [-0.25, -0.2) is 4.98 Å². The van der Waals surface area contributed by atoms with E-state index in [0.29, 0.717) is 23.7 Å². The number of amides is 1. The van der Waals surface area contributed by atoms with E-state index in [1.54, 1.807) is 12.3 Å². The predicted molar refractivity (Wildman–Crippen MR) is 78.6 cm³/mol. The van der Waals surface area contributed by atoms with Crippen molar-refractivity contribution < 1.29 is 4.79 Å². The highest BCUT2D eigenvalue weighted by Gasteiger charge is 2.35. The van der Waals surface area contributed by atoms with Gasteiger partial charge in [-0.15, -0.1) is 0 Å². The first-order chi connectivity index (χ1) is 9.63. The molecule has 1 aromatic heterocycles. The van der Waals surface area contributed by atoms with Crippen LogP contribution in [0.25, 0.3) is 0 Å². The summed E-state index contributed by atoms with van der Waals surface area (Å²) in [5.74, 6) is 0.403. The molecule has 2 atom stereocenters. The van der Waals surface area contributed by atoms with Gasteiger partial charge in [0.25, 0.3) is 0 Å². The summed E-state index contributed by atoms with van der Waals surface area (Å²) in [6.45, 7) is 0. The predicted octanol–water partition coefficient (Wildman–Crippen LogP) is 1.61. The molecule has 0 aliphatic carbocycles. The van der Waals surface area contributed by atoms with Gasteiger partial charge in [0.15, 0.2) is 0 Å². The fraction of sp³-hybridized carbons (Fsp3) is 0.600. The second kappa shape index (κ2) is 5.40. The SMILES string of the molecule is CN1C2CCCC1CC(Nc1ccc(C(N)=O)cn1)C2. The van der Waals surface area contributed by atoms with Crippen LogP contribution in [0.2, 0.25) is 0 Å². The summed E-state index contributed by atoms with van der Waals surface area (Å²) in [7, 11) is 2.25. The van der Waals surface area contributed by atoms with Crippen molar-refractivity contribution in [3.05, 3.63) is 23.9 Å². The van der Waals surface area contributed by atoms with Crippen LogP contribution in [0.4, 0.5) is 5.82 Å². The molecule has 108 valence electrons. The molecule has 2 fully saturated rings. The van der Waals surface area contributed by atoms with Crippen LogP contribution in [-0.2, 0) is 0 Å². The first-order valence-electron chi connectivity index (χ1n) is 7.38.